The van der Waals surface area contributed by atoms with Crippen molar-refractivity contribution >= 4 is 23.0 Å². The zero-order valence-corrected chi connectivity index (χ0v) is 16.7. The van der Waals surface area contributed by atoms with E-state index in [0.717, 1.165) is 35.9 Å². The van der Waals surface area contributed by atoms with E-state index in [1.54, 1.807) is 0 Å². The summed E-state index contributed by atoms with van der Waals surface area (Å²) in [7, 11) is 1.96. The highest BCUT2D eigenvalue weighted by Crippen LogP contribution is 2.20. The zero-order valence-electron chi connectivity index (χ0n) is 16.7. The van der Waals surface area contributed by atoms with Gasteiger partial charge >= 0.3 is 0 Å². The fourth-order valence-corrected chi connectivity index (χ4v) is 3.06. The van der Waals surface area contributed by atoms with Crippen molar-refractivity contribution in [3.05, 3.63) is 59.7 Å². The van der Waals surface area contributed by atoms with Gasteiger partial charge in [-0.15, -0.1) is 0 Å². The van der Waals surface area contributed by atoms with E-state index in [0.29, 0.717) is 0 Å². The van der Waals surface area contributed by atoms with Gasteiger partial charge in [0.2, 0.25) is 0 Å². The first-order valence-corrected chi connectivity index (χ1v) is 10.1. The number of likely N-dealkylation sites (N-methyl/N-ethyl adjacent to an activating group) is 1. The lowest BCUT2D eigenvalue weighted by atomic mass is 10.1. The molecule has 0 atom stereocenters. The van der Waals surface area contributed by atoms with Crippen LogP contribution >= 0.6 is 0 Å². The van der Waals surface area contributed by atoms with Crippen LogP contribution in [0.15, 0.2) is 58.5 Å². The summed E-state index contributed by atoms with van der Waals surface area (Å²) >= 11 is 0. The molecule has 0 spiro atoms. The van der Waals surface area contributed by atoms with Gasteiger partial charge in [0.05, 0.1) is 11.4 Å². The quantitative estimate of drug-likeness (QED) is 0.666. The van der Waals surface area contributed by atoms with Crippen molar-refractivity contribution in [2.45, 2.75) is 52.4 Å². The number of aryl methyl sites for hydroxylation is 2. The molecular weight excluding hydrogens is 332 g/mol. The summed E-state index contributed by atoms with van der Waals surface area (Å²) in [6.07, 6.45) is 7.17. The predicted octanol–water partition coefficient (Wildman–Crippen LogP) is 5.58. The molecule has 2 aromatic carbocycles. The van der Waals surface area contributed by atoms with E-state index >= 15 is 0 Å². The smallest absolute Gasteiger partial charge is 0.192 e. The highest BCUT2D eigenvalue weighted by molar-refractivity contribution is 6.45. The first-order valence-electron chi connectivity index (χ1n) is 10.1. The van der Waals surface area contributed by atoms with Crippen molar-refractivity contribution in [3.63, 3.8) is 0 Å². The van der Waals surface area contributed by atoms with Crippen LogP contribution in [0.2, 0.25) is 0 Å². The lowest BCUT2D eigenvalue weighted by Crippen LogP contribution is -2.61. The van der Waals surface area contributed by atoms with Crippen LogP contribution in [0.3, 0.4) is 0 Å². The molecule has 1 fully saturated rings. The molecule has 142 valence electrons. The minimum Gasteiger partial charge on any atom is -0.277 e. The van der Waals surface area contributed by atoms with E-state index in [-0.39, 0.29) is 0 Å². The fourth-order valence-electron chi connectivity index (χ4n) is 3.06. The van der Waals surface area contributed by atoms with Gasteiger partial charge in [-0.2, -0.15) is 0 Å². The number of amidine groups is 2. The number of aliphatic imine (C=N–C) groups is 2. The van der Waals surface area contributed by atoms with Crippen LogP contribution in [-0.4, -0.2) is 23.7 Å². The molecule has 1 heterocycles. The molecular formula is C23H30N4. The van der Waals surface area contributed by atoms with Gasteiger partial charge in [0.25, 0.3) is 0 Å². The summed E-state index contributed by atoms with van der Waals surface area (Å²) in [6, 6.07) is 17.0. The van der Waals surface area contributed by atoms with Crippen molar-refractivity contribution < 1.29 is 0 Å². The number of hydrazine groups is 1. The third-order valence-electron chi connectivity index (χ3n) is 4.79. The van der Waals surface area contributed by atoms with Gasteiger partial charge in [0.15, 0.2) is 11.7 Å². The maximum Gasteiger partial charge on any atom is 0.192 e. The van der Waals surface area contributed by atoms with Crippen molar-refractivity contribution in [1.82, 2.24) is 10.4 Å². The molecule has 0 amide bonds. The molecule has 0 radical (unpaired) electrons. The molecule has 0 aliphatic carbocycles. The van der Waals surface area contributed by atoms with Crippen LogP contribution < -0.4 is 5.43 Å². The molecule has 1 aliphatic heterocycles. The summed E-state index contributed by atoms with van der Waals surface area (Å²) in [4.78, 5) is 9.46. The van der Waals surface area contributed by atoms with E-state index in [9.17, 15) is 0 Å². The van der Waals surface area contributed by atoms with Gasteiger partial charge in [-0.3, -0.25) is 10.4 Å². The van der Waals surface area contributed by atoms with Gasteiger partial charge in [0.1, 0.15) is 0 Å². The topological polar surface area (TPSA) is 40.0 Å². The number of unbranched alkanes of at least 4 members (excludes halogenated alkanes) is 2. The minimum atomic E-state index is 0.814. The fraction of sp³-hybridized carbons (Fsp3) is 0.391. The molecule has 0 bridgehead atoms. The summed E-state index contributed by atoms with van der Waals surface area (Å²) in [5, 5.41) is 1.90. The largest absolute Gasteiger partial charge is 0.277 e. The molecule has 4 heteroatoms. The van der Waals surface area contributed by atoms with Crippen LogP contribution in [0.5, 0.6) is 0 Å². The summed E-state index contributed by atoms with van der Waals surface area (Å²) in [5.41, 5.74) is 7.86. The Morgan fingerprint density at radius 2 is 1.22 bits per heavy atom. The molecule has 1 aliphatic rings. The van der Waals surface area contributed by atoms with Crippen LogP contribution in [-0.2, 0) is 12.8 Å². The molecule has 1 saturated heterocycles. The molecule has 1 N–H and O–H groups in total. The zero-order chi connectivity index (χ0) is 19.1. The predicted molar refractivity (Wildman–Crippen MR) is 115 cm³/mol. The van der Waals surface area contributed by atoms with Crippen molar-refractivity contribution in [3.8, 4) is 0 Å². The van der Waals surface area contributed by atoms with Gasteiger partial charge in [0, 0.05) is 7.05 Å². The Morgan fingerprint density at radius 3 is 1.67 bits per heavy atom. The Labute approximate surface area is 163 Å². The van der Waals surface area contributed by atoms with Crippen molar-refractivity contribution in [2.75, 3.05) is 7.05 Å². The number of nitrogens with zero attached hydrogens (tertiary/aromatic N) is 3. The average Bonchev–Trinajstić information content (AvgIpc) is 2.70. The Morgan fingerprint density at radius 1 is 0.741 bits per heavy atom. The monoisotopic (exact) mass is 362 g/mol. The van der Waals surface area contributed by atoms with Crippen LogP contribution in [0.25, 0.3) is 0 Å². The maximum absolute atomic E-state index is 4.75. The number of hydrogen-bond donors (Lipinski definition) is 1. The molecule has 0 unspecified atom stereocenters. The Kier molecular flexibility index (Phi) is 6.64. The van der Waals surface area contributed by atoms with Gasteiger partial charge in [-0.05, 0) is 61.1 Å². The van der Waals surface area contributed by atoms with E-state index in [1.807, 2.05) is 12.1 Å². The molecule has 0 aromatic heterocycles. The second kappa shape index (κ2) is 9.36. The van der Waals surface area contributed by atoms with Crippen molar-refractivity contribution in [1.29, 1.82) is 0 Å². The van der Waals surface area contributed by atoms with E-state index < -0.39 is 0 Å². The lowest BCUT2D eigenvalue weighted by Gasteiger charge is -2.33. The lowest BCUT2D eigenvalue weighted by molar-refractivity contribution is 0.422. The Balaban J connectivity index is 1.70. The number of benzene rings is 2. The number of rotatable bonds is 8. The first kappa shape index (κ1) is 19.2. The summed E-state index contributed by atoms with van der Waals surface area (Å²) in [6.45, 7) is 4.44. The average molecular weight is 363 g/mol. The molecule has 0 saturated carbocycles. The van der Waals surface area contributed by atoms with Gasteiger partial charge in [-0.1, -0.05) is 51.0 Å². The van der Waals surface area contributed by atoms with Crippen LogP contribution in [0, 0.1) is 0 Å². The van der Waals surface area contributed by atoms with Crippen LogP contribution in [0.1, 0.15) is 50.7 Å². The molecule has 3 rings (SSSR count). The summed E-state index contributed by atoms with van der Waals surface area (Å²) in [5.74, 6) is 1.68. The number of hydrogen-bond acceptors (Lipinski definition) is 2. The van der Waals surface area contributed by atoms with E-state index in [2.05, 4.69) is 67.8 Å². The third kappa shape index (κ3) is 5.19. The Bertz CT molecular complexity index is 788. The highest BCUT2D eigenvalue weighted by Gasteiger charge is 2.26. The first-order chi connectivity index (χ1) is 13.2. The minimum absolute atomic E-state index is 0.814. The third-order valence-corrected chi connectivity index (χ3v) is 4.79. The standard InChI is InChI=1S/C23H30N4/c1-4-6-8-18-10-14-20(15-11-18)24-22-23(27(3)26-22)25-21-16-12-19(13-17-21)9-7-5-2/h10-17H,4-9H2,1-3H3,(H,24,26). The van der Waals surface area contributed by atoms with Crippen LogP contribution in [0.4, 0.5) is 11.4 Å². The van der Waals surface area contributed by atoms with Gasteiger partial charge < -0.3 is 0 Å². The maximum atomic E-state index is 4.75. The van der Waals surface area contributed by atoms with E-state index in [4.69, 9.17) is 9.98 Å². The molecule has 2 aromatic rings. The second-order valence-electron chi connectivity index (χ2n) is 7.11. The second-order valence-corrected chi connectivity index (χ2v) is 7.11. The summed E-state index contributed by atoms with van der Waals surface area (Å²) < 4.78 is 0. The Hall–Kier alpha value is -2.62. The van der Waals surface area contributed by atoms with Gasteiger partial charge in [-0.25, -0.2) is 9.98 Å². The SMILES string of the molecule is CCCCc1ccc(N=C2NN(C)C2=Nc2ccc(CCCC)cc2)cc1. The highest BCUT2D eigenvalue weighted by atomic mass is 15.6. The normalized spacial score (nSPS) is 16.5. The van der Waals surface area contributed by atoms with Crippen molar-refractivity contribution in [2.24, 2.45) is 9.98 Å². The molecule has 27 heavy (non-hydrogen) atoms. The number of nitrogens with one attached hydrogen (secondary N) is 1. The molecule has 4 nitrogen and oxygen atoms in total. The van der Waals surface area contributed by atoms with E-state index in [1.165, 1.54) is 36.8 Å².